The largest absolute Gasteiger partial charge is 0.460 e. The molecule has 4 rings (SSSR count). The zero-order valence-electron chi connectivity index (χ0n) is 21.9. The van der Waals surface area contributed by atoms with Gasteiger partial charge in [-0.2, -0.15) is 5.26 Å². The van der Waals surface area contributed by atoms with E-state index in [4.69, 9.17) is 14.5 Å². The first kappa shape index (κ1) is 27.1. The van der Waals surface area contributed by atoms with Gasteiger partial charge >= 0.3 is 12.1 Å². The number of aromatic nitrogens is 2. The molecule has 1 saturated heterocycles. The third-order valence-corrected chi connectivity index (χ3v) is 7.06. The lowest BCUT2D eigenvalue weighted by Crippen LogP contribution is -2.50. The van der Waals surface area contributed by atoms with Crippen LogP contribution in [0.1, 0.15) is 56.5 Å². The van der Waals surface area contributed by atoms with E-state index in [1.807, 2.05) is 37.8 Å². The number of nitriles is 1. The Morgan fingerprint density at radius 2 is 2.05 bits per heavy atom. The van der Waals surface area contributed by atoms with Crippen molar-refractivity contribution < 1.29 is 19.1 Å². The molecule has 1 aromatic carbocycles. The highest BCUT2D eigenvalue weighted by Crippen LogP contribution is 2.27. The molecule has 200 valence electrons. The summed E-state index contributed by atoms with van der Waals surface area (Å²) in [6.45, 7) is 8.10. The van der Waals surface area contributed by atoms with Gasteiger partial charge in [-0.05, 0) is 51.3 Å². The fraction of sp³-hybridized carbons (Fsp3) is 0.444. The molecule has 0 spiro atoms. The van der Waals surface area contributed by atoms with E-state index < -0.39 is 17.7 Å². The lowest BCUT2D eigenvalue weighted by Gasteiger charge is -2.35. The molecule has 0 radical (unpaired) electrons. The Kier molecular flexibility index (Phi) is 8.02. The number of hydrogen-bond acceptors (Lipinski definition) is 9. The van der Waals surface area contributed by atoms with E-state index in [1.165, 1.54) is 18.3 Å². The molecule has 1 unspecified atom stereocenters. The second kappa shape index (κ2) is 11.2. The first-order valence-electron chi connectivity index (χ1n) is 12.4. The summed E-state index contributed by atoms with van der Waals surface area (Å²) >= 11 is 1.24. The highest BCUT2D eigenvalue weighted by atomic mass is 32.1. The molecule has 0 bridgehead atoms. The number of ether oxygens (including phenoxy) is 2. The summed E-state index contributed by atoms with van der Waals surface area (Å²) in [6, 6.07) is 10.9. The summed E-state index contributed by atoms with van der Waals surface area (Å²) in [5.74, 6) is 0.0567. The standard InChI is InChI=1S/C27H31N5O5S/c1-17(33)36-16-21-12-22-23(38-21)24(34)32(14-19-9-6-5-8-18(19)13-28)25(30-22)31-11-7-10-20(15-31)29-26(35)37-27(2,3)4/h5-6,8-9,12,20H,7,10-11,14-16H2,1-4H3,(H,29,35). The molecule has 1 amide bonds. The Hall–Kier alpha value is -3.91. The van der Waals surface area contributed by atoms with Crippen molar-refractivity contribution in [2.45, 2.75) is 65.3 Å². The van der Waals surface area contributed by atoms with Gasteiger partial charge in [0.15, 0.2) is 0 Å². The lowest BCUT2D eigenvalue weighted by atomic mass is 10.1. The van der Waals surface area contributed by atoms with Crippen LogP contribution in [0.25, 0.3) is 10.2 Å². The van der Waals surface area contributed by atoms with E-state index in [0.29, 0.717) is 45.3 Å². The summed E-state index contributed by atoms with van der Waals surface area (Å²) in [5.41, 5.74) is 0.859. The molecule has 10 nitrogen and oxygen atoms in total. The third kappa shape index (κ3) is 6.50. The number of thiophene rings is 1. The number of fused-ring (bicyclic) bond motifs is 1. The van der Waals surface area contributed by atoms with Crippen LogP contribution in [0.4, 0.5) is 10.7 Å². The average molecular weight is 538 g/mol. The van der Waals surface area contributed by atoms with E-state index >= 15 is 0 Å². The van der Waals surface area contributed by atoms with E-state index in [-0.39, 0.29) is 24.8 Å². The van der Waals surface area contributed by atoms with E-state index in [0.717, 1.165) is 12.8 Å². The summed E-state index contributed by atoms with van der Waals surface area (Å²) in [5, 5.41) is 12.5. The molecule has 38 heavy (non-hydrogen) atoms. The minimum Gasteiger partial charge on any atom is -0.460 e. The van der Waals surface area contributed by atoms with Crippen molar-refractivity contribution in [2.75, 3.05) is 18.0 Å². The first-order chi connectivity index (χ1) is 18.0. The van der Waals surface area contributed by atoms with Gasteiger partial charge in [0.25, 0.3) is 5.56 Å². The van der Waals surface area contributed by atoms with Crippen LogP contribution >= 0.6 is 11.3 Å². The van der Waals surface area contributed by atoms with Crippen LogP contribution < -0.4 is 15.8 Å². The smallest absolute Gasteiger partial charge is 0.407 e. The molecule has 3 heterocycles. The number of benzene rings is 1. The van der Waals surface area contributed by atoms with Gasteiger partial charge in [0.1, 0.15) is 16.9 Å². The topological polar surface area (TPSA) is 127 Å². The first-order valence-corrected chi connectivity index (χ1v) is 13.2. The van der Waals surface area contributed by atoms with Crippen LogP contribution in [0.2, 0.25) is 0 Å². The van der Waals surface area contributed by atoms with Gasteiger partial charge in [-0.3, -0.25) is 14.2 Å². The van der Waals surface area contributed by atoms with Crippen LogP contribution in [0.15, 0.2) is 35.1 Å². The maximum absolute atomic E-state index is 13.8. The zero-order chi connectivity index (χ0) is 27.4. The predicted molar refractivity (Wildman–Crippen MR) is 144 cm³/mol. The second-order valence-corrected chi connectivity index (χ2v) is 11.3. The number of hydrogen-bond donors (Lipinski definition) is 1. The predicted octanol–water partition coefficient (Wildman–Crippen LogP) is 3.93. The van der Waals surface area contributed by atoms with Gasteiger partial charge in [0, 0.05) is 30.9 Å². The molecule has 1 aliphatic heterocycles. The van der Waals surface area contributed by atoms with E-state index in [2.05, 4.69) is 11.4 Å². The van der Waals surface area contributed by atoms with Crippen molar-refractivity contribution in [2.24, 2.45) is 0 Å². The minimum absolute atomic E-state index is 0.0635. The van der Waals surface area contributed by atoms with Crippen LogP contribution in [0.3, 0.4) is 0 Å². The second-order valence-electron chi connectivity index (χ2n) is 10.2. The molecule has 1 aliphatic rings. The number of nitrogens with one attached hydrogen (secondary N) is 1. The quantitative estimate of drug-likeness (QED) is 0.469. The number of anilines is 1. The Morgan fingerprint density at radius 3 is 2.76 bits per heavy atom. The fourth-order valence-electron chi connectivity index (χ4n) is 4.36. The maximum atomic E-state index is 13.8. The fourth-order valence-corrected chi connectivity index (χ4v) is 5.32. The summed E-state index contributed by atoms with van der Waals surface area (Å²) in [6.07, 6.45) is 1.07. The van der Waals surface area contributed by atoms with Gasteiger partial charge in [0.2, 0.25) is 5.95 Å². The molecule has 1 fully saturated rings. The van der Waals surface area contributed by atoms with E-state index in [9.17, 15) is 19.6 Å². The van der Waals surface area contributed by atoms with Crippen molar-refractivity contribution in [3.63, 3.8) is 0 Å². The lowest BCUT2D eigenvalue weighted by molar-refractivity contribution is -0.142. The van der Waals surface area contributed by atoms with Gasteiger partial charge in [-0.25, -0.2) is 9.78 Å². The normalized spacial score (nSPS) is 15.7. The number of piperidine rings is 1. The Bertz CT molecular complexity index is 1450. The number of carbonyl (C=O) groups is 2. The SMILES string of the molecule is CC(=O)OCc1cc2nc(N3CCCC(NC(=O)OC(C)(C)C)C3)n(Cc3ccccc3C#N)c(=O)c2s1. The molecular formula is C27H31N5O5S. The van der Waals surface area contributed by atoms with Gasteiger partial charge < -0.3 is 19.7 Å². The molecule has 2 aromatic heterocycles. The van der Waals surface area contributed by atoms with Crippen molar-refractivity contribution in [1.29, 1.82) is 5.26 Å². The molecule has 1 N–H and O–H groups in total. The van der Waals surface area contributed by atoms with Crippen molar-refractivity contribution in [3.05, 3.63) is 56.7 Å². The minimum atomic E-state index is -0.609. The van der Waals surface area contributed by atoms with Crippen LogP contribution in [-0.2, 0) is 27.4 Å². The molecule has 11 heteroatoms. The molecule has 1 atom stereocenters. The number of nitrogens with zero attached hydrogens (tertiary/aromatic N) is 4. The van der Waals surface area contributed by atoms with Crippen LogP contribution in [0.5, 0.6) is 0 Å². The summed E-state index contributed by atoms with van der Waals surface area (Å²) in [4.78, 5) is 45.0. The van der Waals surface area contributed by atoms with Gasteiger partial charge in [-0.1, -0.05) is 18.2 Å². The summed E-state index contributed by atoms with van der Waals surface area (Å²) in [7, 11) is 0. The Morgan fingerprint density at radius 1 is 1.29 bits per heavy atom. The average Bonchev–Trinajstić information content (AvgIpc) is 3.27. The van der Waals surface area contributed by atoms with Crippen LogP contribution in [0, 0.1) is 11.3 Å². The van der Waals surface area contributed by atoms with Gasteiger partial charge in [0.05, 0.1) is 23.7 Å². The monoisotopic (exact) mass is 537 g/mol. The molecule has 0 saturated carbocycles. The highest BCUT2D eigenvalue weighted by Gasteiger charge is 2.28. The number of rotatable bonds is 6. The Balaban J connectivity index is 1.72. The number of esters is 1. The highest BCUT2D eigenvalue weighted by molar-refractivity contribution is 7.18. The Labute approximate surface area is 224 Å². The van der Waals surface area contributed by atoms with Crippen molar-refractivity contribution in [1.82, 2.24) is 14.9 Å². The maximum Gasteiger partial charge on any atom is 0.407 e. The number of alkyl carbamates (subject to hydrolysis) is 1. The van der Waals surface area contributed by atoms with Crippen molar-refractivity contribution in [3.8, 4) is 6.07 Å². The van der Waals surface area contributed by atoms with Gasteiger partial charge in [-0.15, -0.1) is 11.3 Å². The summed E-state index contributed by atoms with van der Waals surface area (Å²) < 4.78 is 12.6. The van der Waals surface area contributed by atoms with Crippen LogP contribution in [-0.4, -0.2) is 46.3 Å². The molecule has 3 aromatic rings. The van der Waals surface area contributed by atoms with Crippen molar-refractivity contribution >= 4 is 39.6 Å². The third-order valence-electron chi connectivity index (χ3n) is 5.97. The molecule has 0 aliphatic carbocycles. The number of carbonyl (C=O) groups excluding carboxylic acids is 2. The zero-order valence-corrected chi connectivity index (χ0v) is 22.8. The van der Waals surface area contributed by atoms with E-state index in [1.54, 1.807) is 22.8 Å². The number of amides is 1. The molecular weight excluding hydrogens is 506 g/mol.